The number of primary amides is 1. The predicted octanol–water partition coefficient (Wildman–Crippen LogP) is 2.40. The van der Waals surface area contributed by atoms with Gasteiger partial charge in [-0.15, -0.1) is 0 Å². The fourth-order valence-electron chi connectivity index (χ4n) is 2.63. The molecule has 2 aromatic rings. The van der Waals surface area contributed by atoms with E-state index in [9.17, 15) is 9.59 Å². The van der Waals surface area contributed by atoms with Gasteiger partial charge in [-0.3, -0.25) is 14.5 Å². The standard InChI is InChI=1S/C16H13ClN2O2/c17-12-7-3-2-6-11(12)16(21)19-13-8-4-1-5-10(13)9-14(19)15(18)20/h1-8,14H,9H2,(H2,18,20). The molecule has 3 rings (SSSR count). The molecule has 106 valence electrons. The van der Waals surface area contributed by atoms with E-state index < -0.39 is 11.9 Å². The molecular formula is C16H13ClN2O2. The largest absolute Gasteiger partial charge is 0.368 e. The summed E-state index contributed by atoms with van der Waals surface area (Å²) in [5.74, 6) is -0.832. The fourth-order valence-corrected chi connectivity index (χ4v) is 2.85. The summed E-state index contributed by atoms with van der Waals surface area (Å²) in [6.45, 7) is 0. The molecular weight excluding hydrogens is 288 g/mol. The Balaban J connectivity index is 2.08. The SMILES string of the molecule is NC(=O)C1Cc2ccccc2N1C(=O)c1ccccc1Cl. The van der Waals surface area contributed by atoms with E-state index in [4.69, 9.17) is 17.3 Å². The minimum atomic E-state index is -0.675. The summed E-state index contributed by atoms with van der Waals surface area (Å²) in [4.78, 5) is 25.9. The molecule has 1 aliphatic rings. The van der Waals surface area contributed by atoms with E-state index in [-0.39, 0.29) is 5.91 Å². The highest BCUT2D eigenvalue weighted by atomic mass is 35.5. The Bertz CT molecular complexity index is 730. The molecule has 0 bridgehead atoms. The van der Waals surface area contributed by atoms with Gasteiger partial charge in [-0.25, -0.2) is 0 Å². The zero-order valence-electron chi connectivity index (χ0n) is 11.1. The molecule has 5 heteroatoms. The Hall–Kier alpha value is -2.33. The predicted molar refractivity (Wildman–Crippen MR) is 81.4 cm³/mol. The van der Waals surface area contributed by atoms with Crippen LogP contribution in [0.2, 0.25) is 5.02 Å². The van der Waals surface area contributed by atoms with Gasteiger partial charge < -0.3 is 5.73 Å². The first-order valence-electron chi connectivity index (χ1n) is 6.55. The van der Waals surface area contributed by atoms with Gasteiger partial charge in [0, 0.05) is 12.1 Å². The van der Waals surface area contributed by atoms with Crippen molar-refractivity contribution in [3.8, 4) is 0 Å². The topological polar surface area (TPSA) is 63.4 Å². The highest BCUT2D eigenvalue weighted by Gasteiger charge is 2.37. The lowest BCUT2D eigenvalue weighted by molar-refractivity contribution is -0.119. The molecule has 1 heterocycles. The number of hydrogen-bond acceptors (Lipinski definition) is 2. The molecule has 0 aromatic heterocycles. The van der Waals surface area contributed by atoms with Gasteiger partial charge in [-0.2, -0.15) is 0 Å². The first-order valence-corrected chi connectivity index (χ1v) is 6.92. The fraction of sp³-hybridized carbons (Fsp3) is 0.125. The number of halogens is 1. The van der Waals surface area contributed by atoms with E-state index in [1.807, 2.05) is 24.3 Å². The zero-order chi connectivity index (χ0) is 15.0. The summed E-state index contributed by atoms with van der Waals surface area (Å²) < 4.78 is 0. The van der Waals surface area contributed by atoms with Gasteiger partial charge >= 0.3 is 0 Å². The molecule has 4 nitrogen and oxygen atoms in total. The number of rotatable bonds is 2. The smallest absolute Gasteiger partial charge is 0.260 e. The Labute approximate surface area is 127 Å². The molecule has 1 aliphatic heterocycles. The maximum Gasteiger partial charge on any atom is 0.260 e. The third-order valence-electron chi connectivity index (χ3n) is 3.63. The van der Waals surface area contributed by atoms with Crippen LogP contribution in [0.25, 0.3) is 0 Å². The molecule has 0 saturated heterocycles. The van der Waals surface area contributed by atoms with Gasteiger partial charge in [0.25, 0.3) is 5.91 Å². The van der Waals surface area contributed by atoms with Gasteiger partial charge in [-0.05, 0) is 23.8 Å². The average Bonchev–Trinajstić information content (AvgIpc) is 2.86. The molecule has 0 saturated carbocycles. The summed E-state index contributed by atoms with van der Waals surface area (Å²) in [5, 5.41) is 0.357. The third-order valence-corrected chi connectivity index (χ3v) is 3.96. The Morgan fingerprint density at radius 1 is 1.10 bits per heavy atom. The normalized spacial score (nSPS) is 16.6. The second-order valence-electron chi connectivity index (χ2n) is 4.91. The maximum atomic E-state index is 12.8. The van der Waals surface area contributed by atoms with E-state index >= 15 is 0 Å². The van der Waals surface area contributed by atoms with Crippen molar-refractivity contribution in [2.45, 2.75) is 12.5 Å². The average molecular weight is 301 g/mol. The molecule has 1 atom stereocenters. The van der Waals surface area contributed by atoms with Gasteiger partial charge in [0.05, 0.1) is 10.6 Å². The van der Waals surface area contributed by atoms with Crippen LogP contribution in [0.4, 0.5) is 5.69 Å². The van der Waals surface area contributed by atoms with E-state index in [2.05, 4.69) is 0 Å². The number of nitrogens with two attached hydrogens (primary N) is 1. The third kappa shape index (κ3) is 2.28. The van der Waals surface area contributed by atoms with Crippen molar-refractivity contribution in [3.05, 3.63) is 64.7 Å². The second kappa shape index (κ2) is 5.22. The number of amides is 2. The summed E-state index contributed by atoms with van der Waals surface area (Å²) in [5.41, 5.74) is 7.46. The van der Waals surface area contributed by atoms with Crippen molar-refractivity contribution >= 4 is 29.1 Å². The van der Waals surface area contributed by atoms with Gasteiger partial charge in [0.2, 0.25) is 5.91 Å². The van der Waals surface area contributed by atoms with Gasteiger partial charge in [-0.1, -0.05) is 41.9 Å². The minimum Gasteiger partial charge on any atom is -0.368 e. The van der Waals surface area contributed by atoms with E-state index in [0.717, 1.165) is 5.56 Å². The van der Waals surface area contributed by atoms with Crippen LogP contribution in [0, 0.1) is 0 Å². The van der Waals surface area contributed by atoms with Crippen LogP contribution in [0.1, 0.15) is 15.9 Å². The van der Waals surface area contributed by atoms with Crippen LogP contribution in [0.15, 0.2) is 48.5 Å². The first-order chi connectivity index (χ1) is 10.1. The second-order valence-corrected chi connectivity index (χ2v) is 5.31. The maximum absolute atomic E-state index is 12.8. The molecule has 2 N–H and O–H groups in total. The Morgan fingerprint density at radius 3 is 2.48 bits per heavy atom. The van der Waals surface area contributed by atoms with Crippen molar-refractivity contribution in [3.63, 3.8) is 0 Å². The monoisotopic (exact) mass is 300 g/mol. The summed E-state index contributed by atoms with van der Waals surface area (Å²) in [6.07, 6.45) is 0.432. The molecule has 0 radical (unpaired) electrons. The first kappa shape index (κ1) is 13.6. The van der Waals surface area contributed by atoms with Crippen LogP contribution in [0.3, 0.4) is 0 Å². The minimum absolute atomic E-state index is 0.311. The Morgan fingerprint density at radius 2 is 1.76 bits per heavy atom. The quantitative estimate of drug-likeness (QED) is 0.925. The van der Waals surface area contributed by atoms with Crippen molar-refractivity contribution in [1.29, 1.82) is 0 Å². The molecule has 21 heavy (non-hydrogen) atoms. The number of benzene rings is 2. The molecule has 2 aromatic carbocycles. The van der Waals surface area contributed by atoms with Crippen molar-refractivity contribution in [2.24, 2.45) is 5.73 Å². The molecule has 1 unspecified atom stereocenters. The summed E-state index contributed by atoms with van der Waals surface area (Å²) in [7, 11) is 0. The molecule has 0 aliphatic carbocycles. The highest BCUT2D eigenvalue weighted by molar-refractivity contribution is 6.34. The van der Waals surface area contributed by atoms with Crippen molar-refractivity contribution in [1.82, 2.24) is 0 Å². The number of fused-ring (bicyclic) bond motifs is 1. The van der Waals surface area contributed by atoms with Crippen molar-refractivity contribution in [2.75, 3.05) is 4.90 Å². The lowest BCUT2D eigenvalue weighted by atomic mass is 10.1. The number of para-hydroxylation sites is 1. The molecule has 0 fully saturated rings. The molecule has 2 amide bonds. The van der Waals surface area contributed by atoms with Crippen LogP contribution in [-0.4, -0.2) is 17.9 Å². The van der Waals surface area contributed by atoms with Gasteiger partial charge in [0.15, 0.2) is 0 Å². The van der Waals surface area contributed by atoms with Crippen LogP contribution >= 0.6 is 11.6 Å². The van der Waals surface area contributed by atoms with E-state index in [1.165, 1.54) is 4.90 Å². The van der Waals surface area contributed by atoms with Crippen LogP contribution in [0.5, 0.6) is 0 Å². The Kier molecular flexibility index (Phi) is 3.39. The van der Waals surface area contributed by atoms with Crippen LogP contribution in [-0.2, 0) is 11.2 Å². The number of hydrogen-bond donors (Lipinski definition) is 1. The van der Waals surface area contributed by atoms with Crippen molar-refractivity contribution < 1.29 is 9.59 Å². The lowest BCUT2D eigenvalue weighted by Crippen LogP contribution is -2.46. The highest BCUT2D eigenvalue weighted by Crippen LogP contribution is 2.34. The number of carbonyl (C=O) groups excluding carboxylic acids is 2. The van der Waals surface area contributed by atoms with E-state index in [1.54, 1.807) is 24.3 Å². The van der Waals surface area contributed by atoms with E-state index in [0.29, 0.717) is 22.7 Å². The molecule has 0 spiro atoms. The van der Waals surface area contributed by atoms with Gasteiger partial charge in [0.1, 0.15) is 6.04 Å². The number of carbonyl (C=O) groups is 2. The zero-order valence-corrected chi connectivity index (χ0v) is 11.9. The number of nitrogens with zero attached hydrogens (tertiary/aromatic N) is 1. The number of anilines is 1. The lowest BCUT2D eigenvalue weighted by Gasteiger charge is -2.23. The van der Waals surface area contributed by atoms with Crippen LogP contribution < -0.4 is 10.6 Å². The summed E-state index contributed by atoms with van der Waals surface area (Å²) in [6, 6.07) is 13.5. The summed E-state index contributed by atoms with van der Waals surface area (Å²) >= 11 is 6.09.